The highest BCUT2D eigenvalue weighted by Crippen LogP contribution is 2.74. The van der Waals surface area contributed by atoms with Crippen molar-refractivity contribution in [1.82, 2.24) is 0 Å². The van der Waals surface area contributed by atoms with E-state index >= 15 is 0 Å². The van der Waals surface area contributed by atoms with Gasteiger partial charge in [-0.15, -0.1) is 0 Å². The molecule has 11 atom stereocenters. The number of esters is 1. The van der Waals surface area contributed by atoms with Crippen LogP contribution in [0.15, 0.2) is 27.6 Å². The summed E-state index contributed by atoms with van der Waals surface area (Å²) in [4.78, 5) is 23.6. The Morgan fingerprint density at radius 2 is 1.91 bits per heavy atom. The first-order valence-corrected chi connectivity index (χ1v) is 12.7. The standard InChI is InChI=1S/C26H34O9/c1-13(27)34-19-9-15(28)10-24(31)7-5-17-21-18(35-22(30)26(19,21)24)11-23(2)16(6-8-25(17,23)32)14-3-4-20(29)33-12-14/h3-4,12,15-19,21-22,28,30-32H,5-11H2,1-2H3/t15?,16?,17?,18-,19?,21-,22?,23?,24?,25?,26?/m1/s1. The van der Waals surface area contributed by atoms with Gasteiger partial charge in [0, 0.05) is 37.2 Å². The number of hydrogen-bond acceptors (Lipinski definition) is 9. The molecule has 1 aliphatic heterocycles. The van der Waals surface area contributed by atoms with E-state index in [0.29, 0.717) is 25.7 Å². The minimum Gasteiger partial charge on any atom is -0.462 e. The monoisotopic (exact) mass is 490 g/mol. The van der Waals surface area contributed by atoms with Gasteiger partial charge in [0.15, 0.2) is 6.29 Å². The van der Waals surface area contributed by atoms with Gasteiger partial charge in [-0.3, -0.25) is 4.79 Å². The van der Waals surface area contributed by atoms with E-state index < -0.39 is 64.1 Å². The molecule has 1 spiro atoms. The minimum atomic E-state index is -1.49. The van der Waals surface area contributed by atoms with Crippen molar-refractivity contribution in [1.29, 1.82) is 0 Å². The predicted molar refractivity (Wildman–Crippen MR) is 120 cm³/mol. The number of carbonyl (C=O) groups excluding carboxylic acids is 1. The third-order valence-electron chi connectivity index (χ3n) is 10.6. The second kappa shape index (κ2) is 7.38. The van der Waals surface area contributed by atoms with Crippen LogP contribution in [0.1, 0.15) is 70.3 Å². The van der Waals surface area contributed by atoms with E-state index in [0.717, 1.165) is 5.56 Å². The molecule has 6 rings (SSSR count). The van der Waals surface area contributed by atoms with E-state index in [1.165, 1.54) is 19.3 Å². The van der Waals surface area contributed by atoms with E-state index in [-0.39, 0.29) is 31.1 Å². The quantitative estimate of drug-likeness (QED) is 0.449. The van der Waals surface area contributed by atoms with Crippen LogP contribution in [0, 0.1) is 22.7 Å². The number of hydrogen-bond donors (Lipinski definition) is 4. The Morgan fingerprint density at radius 1 is 1.14 bits per heavy atom. The van der Waals surface area contributed by atoms with Gasteiger partial charge in [0.05, 0.1) is 35.1 Å². The van der Waals surface area contributed by atoms with Crippen LogP contribution < -0.4 is 5.63 Å². The molecule has 0 aromatic carbocycles. The number of carbonyl (C=O) groups is 1. The zero-order valence-corrected chi connectivity index (χ0v) is 20.1. The Hall–Kier alpha value is -1.78. The molecule has 0 amide bonds. The number of fused-ring (bicyclic) bond motifs is 2. The molecule has 35 heavy (non-hydrogen) atoms. The summed E-state index contributed by atoms with van der Waals surface area (Å²) in [6.07, 6.45) is 0.333. The van der Waals surface area contributed by atoms with E-state index in [4.69, 9.17) is 13.9 Å². The largest absolute Gasteiger partial charge is 0.462 e. The van der Waals surface area contributed by atoms with Crippen LogP contribution in [-0.4, -0.2) is 62.2 Å². The lowest BCUT2D eigenvalue weighted by Crippen LogP contribution is -2.74. The van der Waals surface area contributed by atoms with Gasteiger partial charge >= 0.3 is 11.6 Å². The van der Waals surface area contributed by atoms with Crippen LogP contribution in [0.2, 0.25) is 0 Å². The fourth-order valence-electron chi connectivity index (χ4n) is 9.40. The first-order chi connectivity index (χ1) is 16.5. The van der Waals surface area contributed by atoms with Crippen molar-refractivity contribution in [2.75, 3.05) is 0 Å². The van der Waals surface area contributed by atoms with Crippen molar-refractivity contribution < 1.29 is 39.1 Å². The molecule has 4 saturated carbocycles. The summed E-state index contributed by atoms with van der Waals surface area (Å²) in [5.41, 5.74) is -4.15. The van der Waals surface area contributed by atoms with Crippen LogP contribution in [-0.2, 0) is 14.3 Å². The highest BCUT2D eigenvalue weighted by atomic mass is 16.6. The van der Waals surface area contributed by atoms with Crippen molar-refractivity contribution in [2.24, 2.45) is 22.7 Å². The molecule has 9 heteroatoms. The van der Waals surface area contributed by atoms with Crippen LogP contribution in [0.4, 0.5) is 0 Å². The Kier molecular flexibility index (Phi) is 4.98. The molecule has 5 aliphatic rings. The third-order valence-corrected chi connectivity index (χ3v) is 10.6. The summed E-state index contributed by atoms with van der Waals surface area (Å²) in [6, 6.07) is 3.15. The zero-order valence-electron chi connectivity index (χ0n) is 20.1. The molecule has 4 N–H and O–H groups in total. The molecule has 5 fully saturated rings. The number of aliphatic hydroxyl groups is 4. The first-order valence-electron chi connectivity index (χ1n) is 12.7. The van der Waals surface area contributed by atoms with Gasteiger partial charge < -0.3 is 34.3 Å². The summed E-state index contributed by atoms with van der Waals surface area (Å²) in [5, 5.41) is 46.4. The topological polar surface area (TPSA) is 147 Å². The molecule has 0 radical (unpaired) electrons. The van der Waals surface area contributed by atoms with Gasteiger partial charge in [0.1, 0.15) is 6.10 Å². The molecule has 0 bridgehead atoms. The molecule has 4 aliphatic carbocycles. The van der Waals surface area contributed by atoms with Crippen molar-refractivity contribution >= 4 is 5.97 Å². The van der Waals surface area contributed by atoms with Crippen molar-refractivity contribution in [2.45, 2.75) is 101 Å². The normalized spacial score (nSPS) is 52.3. The van der Waals surface area contributed by atoms with Gasteiger partial charge in [-0.05, 0) is 55.6 Å². The number of aliphatic hydroxyl groups excluding tert-OH is 2. The van der Waals surface area contributed by atoms with Gasteiger partial charge in [-0.2, -0.15) is 0 Å². The average Bonchev–Trinajstić information content (AvgIpc) is 3.21. The fraction of sp³-hybridized carbons (Fsp3) is 0.769. The summed E-state index contributed by atoms with van der Waals surface area (Å²) in [6.45, 7) is 3.32. The Balaban J connectivity index is 1.46. The van der Waals surface area contributed by atoms with Crippen LogP contribution >= 0.6 is 0 Å². The van der Waals surface area contributed by atoms with Crippen molar-refractivity contribution in [3.8, 4) is 0 Å². The van der Waals surface area contributed by atoms with Gasteiger partial charge in [-0.1, -0.05) is 6.92 Å². The molecule has 9 unspecified atom stereocenters. The van der Waals surface area contributed by atoms with Gasteiger partial charge in [0.2, 0.25) is 0 Å². The summed E-state index contributed by atoms with van der Waals surface area (Å²) >= 11 is 0. The highest BCUT2D eigenvalue weighted by molar-refractivity contribution is 5.66. The Bertz CT molecular complexity index is 1080. The molecule has 1 aromatic rings. The SMILES string of the molecule is CC(=O)OC1CC(O)CC2(O)CCC3[C@@H]4[C@@H](CC5(C)C(c6ccc(=O)oc6)CCC35O)OC(O)C142. The Labute approximate surface area is 203 Å². The molecule has 2 heterocycles. The van der Waals surface area contributed by atoms with Crippen LogP contribution in [0.3, 0.4) is 0 Å². The first kappa shape index (κ1) is 23.6. The molecule has 192 valence electrons. The van der Waals surface area contributed by atoms with E-state index in [1.54, 1.807) is 6.07 Å². The van der Waals surface area contributed by atoms with E-state index in [1.807, 2.05) is 6.92 Å². The fourth-order valence-corrected chi connectivity index (χ4v) is 9.40. The highest BCUT2D eigenvalue weighted by Gasteiger charge is 2.81. The second-order valence-electron chi connectivity index (χ2n) is 11.9. The van der Waals surface area contributed by atoms with E-state index in [9.17, 15) is 30.0 Å². The lowest BCUT2D eigenvalue weighted by Gasteiger charge is -2.66. The van der Waals surface area contributed by atoms with Crippen LogP contribution in [0.25, 0.3) is 0 Å². The average molecular weight is 491 g/mol. The molecule has 1 aromatic heterocycles. The second-order valence-corrected chi connectivity index (χ2v) is 11.9. The smallest absolute Gasteiger partial charge is 0.335 e. The third kappa shape index (κ3) is 2.82. The predicted octanol–water partition coefficient (Wildman–Crippen LogP) is 1.21. The summed E-state index contributed by atoms with van der Waals surface area (Å²) in [7, 11) is 0. The molecule has 9 nitrogen and oxygen atoms in total. The zero-order chi connectivity index (χ0) is 25.0. The van der Waals surface area contributed by atoms with Crippen LogP contribution in [0.5, 0.6) is 0 Å². The molecule has 1 saturated heterocycles. The van der Waals surface area contributed by atoms with Gasteiger partial charge in [0.25, 0.3) is 0 Å². The number of ether oxygens (including phenoxy) is 2. The van der Waals surface area contributed by atoms with Crippen molar-refractivity contribution in [3.05, 3.63) is 34.4 Å². The maximum Gasteiger partial charge on any atom is 0.335 e. The maximum atomic E-state index is 12.4. The Morgan fingerprint density at radius 3 is 2.60 bits per heavy atom. The minimum absolute atomic E-state index is 0.0580. The lowest BCUT2D eigenvalue weighted by molar-refractivity contribution is -0.304. The molecular formula is C26H34O9. The lowest BCUT2D eigenvalue weighted by atomic mass is 9.41. The summed E-state index contributed by atoms with van der Waals surface area (Å²) in [5.74, 6) is -1.38. The summed E-state index contributed by atoms with van der Waals surface area (Å²) < 4.78 is 17.0. The van der Waals surface area contributed by atoms with Gasteiger partial charge in [-0.25, -0.2) is 4.79 Å². The number of rotatable bonds is 2. The maximum absolute atomic E-state index is 12.4. The van der Waals surface area contributed by atoms with Crippen molar-refractivity contribution in [3.63, 3.8) is 0 Å². The molecular weight excluding hydrogens is 456 g/mol. The van der Waals surface area contributed by atoms with E-state index in [2.05, 4.69) is 0 Å².